The molecule has 122 valence electrons. The third-order valence-corrected chi connectivity index (χ3v) is 5.19. The molecule has 3 nitrogen and oxygen atoms in total. The number of ether oxygens (including phenoxy) is 1. The van der Waals surface area contributed by atoms with Crippen LogP contribution in [-0.2, 0) is 11.3 Å². The summed E-state index contributed by atoms with van der Waals surface area (Å²) < 4.78 is 41.1. The first-order valence-corrected chi connectivity index (χ1v) is 8.12. The van der Waals surface area contributed by atoms with E-state index in [0.717, 1.165) is 17.7 Å². The summed E-state index contributed by atoms with van der Waals surface area (Å²) in [6.45, 7) is 2.06. The van der Waals surface area contributed by atoms with Crippen molar-refractivity contribution in [3.63, 3.8) is 0 Å². The maximum atomic E-state index is 12.4. The Balaban J connectivity index is 1.65. The van der Waals surface area contributed by atoms with Gasteiger partial charge in [0.1, 0.15) is 5.75 Å². The Morgan fingerprint density at radius 1 is 1.26 bits per heavy atom. The quantitative estimate of drug-likeness (QED) is 0.786. The zero-order valence-electron chi connectivity index (χ0n) is 12.3. The lowest BCUT2D eigenvalue weighted by Gasteiger charge is -2.30. The highest BCUT2D eigenvalue weighted by molar-refractivity contribution is 7.12. The normalized spacial score (nSPS) is 23.0. The number of hydrogen-bond donors (Lipinski definition) is 0. The number of nitrogens with zero attached hydrogens (tertiary/aromatic N) is 1. The molecule has 23 heavy (non-hydrogen) atoms. The van der Waals surface area contributed by atoms with Crippen LogP contribution in [0.5, 0.6) is 5.75 Å². The summed E-state index contributed by atoms with van der Waals surface area (Å²) in [7, 11) is 0. The molecule has 1 aromatic heterocycles. The van der Waals surface area contributed by atoms with Crippen LogP contribution in [0.25, 0.3) is 0 Å². The van der Waals surface area contributed by atoms with Crippen LogP contribution in [-0.4, -0.2) is 12.5 Å². The van der Waals surface area contributed by atoms with Gasteiger partial charge in [-0.1, -0.05) is 0 Å². The smallest absolute Gasteiger partial charge is 0.406 e. The summed E-state index contributed by atoms with van der Waals surface area (Å²) in [6.07, 6.45) is -3.24. The number of halogens is 3. The second-order valence-electron chi connectivity index (χ2n) is 5.80. The van der Waals surface area contributed by atoms with E-state index >= 15 is 0 Å². The molecule has 1 fully saturated rings. The summed E-state index contributed by atoms with van der Waals surface area (Å²) in [4.78, 5) is 8.37. The predicted molar refractivity (Wildman–Crippen MR) is 80.6 cm³/mol. The predicted octanol–water partition coefficient (Wildman–Crippen LogP) is 4.76. The van der Waals surface area contributed by atoms with Crippen molar-refractivity contribution >= 4 is 17.0 Å². The molecule has 0 spiro atoms. The molecule has 0 amide bonds. The number of alkyl halides is 3. The molecule has 4 rings (SSSR count). The molecule has 0 N–H and O–H groups in total. The third-order valence-electron chi connectivity index (χ3n) is 4.09. The Hall–Kier alpha value is -1.73. The van der Waals surface area contributed by atoms with Gasteiger partial charge in [-0.3, -0.25) is 4.84 Å². The first-order valence-electron chi connectivity index (χ1n) is 7.30. The molecule has 0 unspecified atom stereocenters. The van der Waals surface area contributed by atoms with E-state index in [1.54, 1.807) is 17.4 Å². The van der Waals surface area contributed by atoms with Crippen molar-refractivity contribution in [1.29, 1.82) is 0 Å². The van der Waals surface area contributed by atoms with E-state index in [1.807, 2.05) is 5.06 Å². The molecule has 0 saturated carbocycles. The second kappa shape index (κ2) is 5.14. The topological polar surface area (TPSA) is 21.7 Å². The number of anilines is 1. The average Bonchev–Trinajstić information content (AvgIpc) is 3.01. The van der Waals surface area contributed by atoms with E-state index in [0.29, 0.717) is 6.42 Å². The van der Waals surface area contributed by atoms with Gasteiger partial charge in [0, 0.05) is 22.6 Å². The summed E-state index contributed by atoms with van der Waals surface area (Å²) in [5, 5.41) is 1.84. The zero-order valence-corrected chi connectivity index (χ0v) is 13.1. The summed E-state index contributed by atoms with van der Waals surface area (Å²) in [5.41, 5.74) is 1.66. The number of hydroxylamine groups is 1. The van der Waals surface area contributed by atoms with Crippen LogP contribution in [0.2, 0.25) is 0 Å². The monoisotopic (exact) mass is 341 g/mol. The molecule has 1 aromatic carbocycles. The van der Waals surface area contributed by atoms with Crippen LogP contribution in [0.4, 0.5) is 18.9 Å². The van der Waals surface area contributed by atoms with Crippen LogP contribution >= 0.6 is 11.3 Å². The largest absolute Gasteiger partial charge is 0.573 e. The molecule has 2 aliphatic heterocycles. The lowest BCUT2D eigenvalue weighted by molar-refractivity contribution is -0.274. The van der Waals surface area contributed by atoms with Gasteiger partial charge >= 0.3 is 6.36 Å². The summed E-state index contributed by atoms with van der Waals surface area (Å²) >= 11 is 1.72. The van der Waals surface area contributed by atoms with Gasteiger partial charge in [0.15, 0.2) is 0 Å². The lowest BCUT2D eigenvalue weighted by Crippen LogP contribution is -2.27. The van der Waals surface area contributed by atoms with E-state index < -0.39 is 6.36 Å². The van der Waals surface area contributed by atoms with Crippen molar-refractivity contribution < 1.29 is 22.7 Å². The van der Waals surface area contributed by atoms with Crippen molar-refractivity contribution in [2.24, 2.45) is 0 Å². The SMILES string of the molecule is Cc1ccc([C@@H]2C[C@H]3Cc4cc(OC(F)(F)F)ccc4N2O3)s1. The van der Waals surface area contributed by atoms with Crippen LogP contribution < -0.4 is 9.80 Å². The highest BCUT2D eigenvalue weighted by Crippen LogP contribution is 2.47. The lowest BCUT2D eigenvalue weighted by atomic mass is 10.0. The number of rotatable bonds is 2. The van der Waals surface area contributed by atoms with Gasteiger partial charge in [-0.05, 0) is 42.8 Å². The highest BCUT2D eigenvalue weighted by atomic mass is 32.1. The van der Waals surface area contributed by atoms with Crippen LogP contribution in [0, 0.1) is 6.92 Å². The van der Waals surface area contributed by atoms with Crippen LogP contribution in [0.15, 0.2) is 30.3 Å². The Morgan fingerprint density at radius 3 is 2.78 bits per heavy atom. The molecule has 0 radical (unpaired) electrons. The highest BCUT2D eigenvalue weighted by Gasteiger charge is 2.41. The van der Waals surface area contributed by atoms with E-state index in [-0.39, 0.29) is 17.9 Å². The van der Waals surface area contributed by atoms with Gasteiger partial charge in [0.05, 0.1) is 17.8 Å². The fraction of sp³-hybridized carbons (Fsp3) is 0.375. The Labute approximate surface area is 135 Å². The number of hydrogen-bond acceptors (Lipinski definition) is 4. The van der Waals surface area contributed by atoms with Crippen molar-refractivity contribution in [3.05, 3.63) is 45.6 Å². The minimum absolute atomic E-state index is 0.00366. The molecule has 2 bridgehead atoms. The van der Waals surface area contributed by atoms with Gasteiger partial charge in [-0.25, -0.2) is 5.06 Å². The second-order valence-corrected chi connectivity index (χ2v) is 7.12. The summed E-state index contributed by atoms with van der Waals surface area (Å²) in [5.74, 6) is -0.178. The number of benzene rings is 1. The van der Waals surface area contributed by atoms with E-state index in [1.165, 1.54) is 21.9 Å². The van der Waals surface area contributed by atoms with E-state index in [4.69, 9.17) is 4.84 Å². The standard InChI is InChI=1S/C16H14F3NO2S/c1-9-2-5-15(23-9)14-8-12-7-10-6-11(21-16(17,18)19)3-4-13(10)20(14)22-12/h2-6,12,14H,7-8H2,1H3/t12-,14+/m1/s1. The van der Waals surface area contributed by atoms with Gasteiger partial charge in [0.2, 0.25) is 0 Å². The number of aryl methyl sites for hydroxylation is 1. The molecular formula is C16H14F3NO2S. The Bertz CT molecular complexity index is 743. The van der Waals surface area contributed by atoms with Crippen LogP contribution in [0.1, 0.15) is 27.8 Å². The van der Waals surface area contributed by atoms with Crippen molar-refractivity contribution in [3.8, 4) is 5.75 Å². The minimum Gasteiger partial charge on any atom is -0.406 e. The van der Waals surface area contributed by atoms with Crippen molar-refractivity contribution in [2.75, 3.05) is 5.06 Å². The molecule has 7 heteroatoms. The van der Waals surface area contributed by atoms with Crippen molar-refractivity contribution in [2.45, 2.75) is 38.3 Å². The molecule has 0 aliphatic carbocycles. The number of fused-ring (bicyclic) bond motifs is 4. The molecule has 3 heterocycles. The van der Waals surface area contributed by atoms with Crippen molar-refractivity contribution in [1.82, 2.24) is 0 Å². The maximum absolute atomic E-state index is 12.4. The molecular weight excluding hydrogens is 327 g/mol. The Morgan fingerprint density at radius 2 is 2.09 bits per heavy atom. The zero-order chi connectivity index (χ0) is 16.2. The van der Waals surface area contributed by atoms with Crippen LogP contribution in [0.3, 0.4) is 0 Å². The Kier molecular flexibility index (Phi) is 3.32. The number of thiophene rings is 1. The van der Waals surface area contributed by atoms with Gasteiger partial charge in [-0.2, -0.15) is 0 Å². The maximum Gasteiger partial charge on any atom is 0.573 e. The third kappa shape index (κ3) is 2.79. The molecule has 1 saturated heterocycles. The van der Waals surface area contributed by atoms with Gasteiger partial charge in [-0.15, -0.1) is 24.5 Å². The fourth-order valence-electron chi connectivity index (χ4n) is 3.21. The first-order chi connectivity index (χ1) is 10.9. The fourth-order valence-corrected chi connectivity index (χ4v) is 4.19. The first kappa shape index (κ1) is 14.8. The molecule has 2 atom stereocenters. The molecule has 2 aromatic rings. The van der Waals surface area contributed by atoms with E-state index in [2.05, 4.69) is 23.8 Å². The van der Waals surface area contributed by atoms with Gasteiger partial charge in [0.25, 0.3) is 0 Å². The summed E-state index contributed by atoms with van der Waals surface area (Å²) in [6, 6.07) is 8.73. The molecule has 2 aliphatic rings. The van der Waals surface area contributed by atoms with Gasteiger partial charge < -0.3 is 4.74 Å². The van der Waals surface area contributed by atoms with E-state index in [9.17, 15) is 13.2 Å². The average molecular weight is 341 g/mol. The minimum atomic E-state index is -4.67.